The maximum atomic E-state index is 11.9. The number of fused-ring (bicyclic) bond motifs is 2. The number of carbonyl (C=O) groups is 1. The molecule has 1 aliphatic rings. The summed E-state index contributed by atoms with van der Waals surface area (Å²) in [5.41, 5.74) is 1.81. The highest BCUT2D eigenvalue weighted by molar-refractivity contribution is 6.30. The summed E-state index contributed by atoms with van der Waals surface area (Å²) < 4.78 is 10.8. The molecule has 0 fully saturated rings. The van der Waals surface area contributed by atoms with Crippen molar-refractivity contribution in [3.63, 3.8) is 0 Å². The van der Waals surface area contributed by atoms with Gasteiger partial charge in [0.2, 0.25) is 6.79 Å². The number of pyridine rings is 1. The van der Waals surface area contributed by atoms with E-state index >= 15 is 0 Å². The number of halogens is 1. The minimum Gasteiger partial charge on any atom is -0.454 e. The molecule has 152 valence electrons. The standard InChI is InChI=1S/C21H18ClN5O3/c22-15-2-4-16(5-3-15)26-21(28)25-7-1-6-24-20-14(11-23)8-13-9-18-19(30-12-29-18)10-17(13)27-20/h2-5,8-10H,1,6-7,12H2,(H,24,27)(H2,25,26,28). The zero-order chi connectivity index (χ0) is 20.9. The van der Waals surface area contributed by atoms with Crippen molar-refractivity contribution in [3.8, 4) is 17.6 Å². The Hall–Kier alpha value is -3.70. The number of hydrogen-bond acceptors (Lipinski definition) is 6. The molecule has 2 amide bonds. The molecule has 2 heterocycles. The average molecular weight is 424 g/mol. The Bertz CT molecular complexity index is 1130. The second-order valence-corrected chi connectivity index (χ2v) is 7.00. The predicted octanol–water partition coefficient (Wildman–Crippen LogP) is 4.11. The molecule has 0 radical (unpaired) electrons. The van der Waals surface area contributed by atoms with Crippen molar-refractivity contribution in [1.82, 2.24) is 10.3 Å². The van der Waals surface area contributed by atoms with Crippen molar-refractivity contribution in [1.29, 1.82) is 5.26 Å². The summed E-state index contributed by atoms with van der Waals surface area (Å²) in [4.78, 5) is 16.5. The fraction of sp³-hybridized carbons (Fsp3) is 0.190. The maximum absolute atomic E-state index is 11.9. The van der Waals surface area contributed by atoms with E-state index in [1.165, 1.54) is 0 Å². The summed E-state index contributed by atoms with van der Waals surface area (Å²) in [5.74, 6) is 1.79. The summed E-state index contributed by atoms with van der Waals surface area (Å²) in [6.45, 7) is 1.18. The smallest absolute Gasteiger partial charge is 0.319 e. The van der Waals surface area contributed by atoms with Gasteiger partial charge in [0, 0.05) is 35.3 Å². The molecule has 3 aromatic rings. The lowest BCUT2D eigenvalue weighted by Crippen LogP contribution is -2.30. The number of urea groups is 1. The van der Waals surface area contributed by atoms with Crippen LogP contribution in [0.3, 0.4) is 0 Å². The number of aromatic nitrogens is 1. The molecule has 1 aliphatic heterocycles. The van der Waals surface area contributed by atoms with Crippen LogP contribution in [0.25, 0.3) is 10.9 Å². The van der Waals surface area contributed by atoms with Crippen molar-refractivity contribution in [3.05, 3.63) is 53.1 Å². The van der Waals surface area contributed by atoms with Crippen LogP contribution >= 0.6 is 11.6 Å². The van der Waals surface area contributed by atoms with E-state index in [2.05, 4.69) is 27.0 Å². The first kappa shape index (κ1) is 19.6. The molecular weight excluding hydrogens is 406 g/mol. The Kier molecular flexibility index (Phi) is 5.72. The number of ether oxygens (including phenoxy) is 2. The number of rotatable bonds is 6. The molecular formula is C21H18ClN5O3. The SMILES string of the molecule is N#Cc1cc2cc3c(cc2nc1NCCCNC(=O)Nc1ccc(Cl)cc1)OCO3. The number of nitriles is 1. The third kappa shape index (κ3) is 4.47. The lowest BCUT2D eigenvalue weighted by atomic mass is 10.1. The van der Waals surface area contributed by atoms with Crippen LogP contribution in [-0.2, 0) is 0 Å². The van der Waals surface area contributed by atoms with Crippen LogP contribution in [0.4, 0.5) is 16.3 Å². The Balaban J connectivity index is 1.30. The third-order valence-corrected chi connectivity index (χ3v) is 4.72. The minimum absolute atomic E-state index is 0.181. The molecule has 0 bridgehead atoms. The number of amides is 2. The topological polar surface area (TPSA) is 108 Å². The van der Waals surface area contributed by atoms with Gasteiger partial charge in [-0.15, -0.1) is 0 Å². The van der Waals surface area contributed by atoms with E-state index in [1.54, 1.807) is 36.4 Å². The van der Waals surface area contributed by atoms with Crippen LogP contribution in [-0.4, -0.2) is 30.9 Å². The lowest BCUT2D eigenvalue weighted by molar-refractivity contribution is 0.174. The average Bonchev–Trinajstić information content (AvgIpc) is 3.20. The number of nitrogens with one attached hydrogen (secondary N) is 3. The van der Waals surface area contributed by atoms with Crippen LogP contribution in [0.15, 0.2) is 42.5 Å². The molecule has 8 nitrogen and oxygen atoms in total. The number of hydrogen-bond donors (Lipinski definition) is 3. The van der Waals surface area contributed by atoms with Crippen molar-refractivity contribution in [2.75, 3.05) is 30.5 Å². The van der Waals surface area contributed by atoms with Gasteiger partial charge < -0.3 is 25.4 Å². The molecule has 0 atom stereocenters. The van der Waals surface area contributed by atoms with E-state index in [4.69, 9.17) is 21.1 Å². The molecule has 3 N–H and O–H groups in total. The first-order valence-electron chi connectivity index (χ1n) is 9.31. The van der Waals surface area contributed by atoms with Gasteiger partial charge in [0.15, 0.2) is 11.5 Å². The van der Waals surface area contributed by atoms with Crippen LogP contribution < -0.4 is 25.4 Å². The molecule has 2 aromatic carbocycles. The van der Waals surface area contributed by atoms with Crippen LogP contribution in [0, 0.1) is 11.3 Å². The molecule has 0 unspecified atom stereocenters. The van der Waals surface area contributed by atoms with Crippen LogP contribution in [0.1, 0.15) is 12.0 Å². The van der Waals surface area contributed by atoms with E-state index in [1.807, 2.05) is 6.07 Å². The highest BCUT2D eigenvalue weighted by Crippen LogP contribution is 2.36. The van der Waals surface area contributed by atoms with E-state index in [0.717, 1.165) is 5.39 Å². The van der Waals surface area contributed by atoms with Gasteiger partial charge in [0.1, 0.15) is 11.9 Å². The van der Waals surface area contributed by atoms with Gasteiger partial charge in [-0.3, -0.25) is 0 Å². The monoisotopic (exact) mass is 423 g/mol. The molecule has 4 rings (SSSR count). The van der Waals surface area contributed by atoms with Gasteiger partial charge in [-0.25, -0.2) is 9.78 Å². The minimum atomic E-state index is -0.296. The summed E-state index contributed by atoms with van der Waals surface area (Å²) in [7, 11) is 0. The number of nitrogens with zero attached hydrogens (tertiary/aromatic N) is 2. The van der Waals surface area contributed by atoms with E-state index in [0.29, 0.717) is 58.6 Å². The molecule has 0 saturated carbocycles. The zero-order valence-corrected chi connectivity index (χ0v) is 16.6. The fourth-order valence-electron chi connectivity index (χ4n) is 2.99. The van der Waals surface area contributed by atoms with Gasteiger partial charge in [0.25, 0.3) is 0 Å². The molecule has 0 aliphatic carbocycles. The van der Waals surface area contributed by atoms with E-state index in [-0.39, 0.29) is 12.8 Å². The Morgan fingerprint density at radius 3 is 2.67 bits per heavy atom. The van der Waals surface area contributed by atoms with Gasteiger partial charge in [-0.2, -0.15) is 5.26 Å². The molecule has 0 spiro atoms. The highest BCUT2D eigenvalue weighted by atomic mass is 35.5. The first-order chi connectivity index (χ1) is 14.6. The van der Waals surface area contributed by atoms with Gasteiger partial charge in [-0.1, -0.05) is 11.6 Å². The fourth-order valence-corrected chi connectivity index (χ4v) is 3.12. The van der Waals surface area contributed by atoms with Gasteiger partial charge in [0.05, 0.1) is 11.1 Å². The molecule has 1 aromatic heterocycles. The number of benzene rings is 2. The molecule has 9 heteroatoms. The number of anilines is 2. The van der Waals surface area contributed by atoms with Crippen molar-refractivity contribution in [2.45, 2.75) is 6.42 Å². The zero-order valence-electron chi connectivity index (χ0n) is 15.9. The largest absolute Gasteiger partial charge is 0.454 e. The van der Waals surface area contributed by atoms with Crippen molar-refractivity contribution in [2.24, 2.45) is 0 Å². The number of carbonyl (C=O) groups excluding carboxylic acids is 1. The highest BCUT2D eigenvalue weighted by Gasteiger charge is 2.16. The van der Waals surface area contributed by atoms with Crippen molar-refractivity contribution < 1.29 is 14.3 Å². The van der Waals surface area contributed by atoms with Crippen LogP contribution in [0.2, 0.25) is 5.02 Å². The first-order valence-corrected chi connectivity index (χ1v) is 9.69. The normalized spacial score (nSPS) is 11.7. The second-order valence-electron chi connectivity index (χ2n) is 6.56. The Morgan fingerprint density at radius 1 is 1.13 bits per heavy atom. The molecule has 0 saturated heterocycles. The summed E-state index contributed by atoms with van der Waals surface area (Å²) in [6, 6.07) is 14.1. The summed E-state index contributed by atoms with van der Waals surface area (Å²) >= 11 is 5.82. The lowest BCUT2D eigenvalue weighted by Gasteiger charge is -2.10. The maximum Gasteiger partial charge on any atom is 0.319 e. The van der Waals surface area contributed by atoms with Crippen LogP contribution in [0.5, 0.6) is 11.5 Å². The second kappa shape index (κ2) is 8.76. The quantitative estimate of drug-likeness (QED) is 0.515. The summed E-state index contributed by atoms with van der Waals surface area (Å²) in [6.07, 6.45) is 0.653. The van der Waals surface area contributed by atoms with E-state index < -0.39 is 0 Å². The van der Waals surface area contributed by atoms with Gasteiger partial charge >= 0.3 is 6.03 Å². The summed E-state index contributed by atoms with van der Waals surface area (Å²) in [5, 5.41) is 19.5. The Labute approximate surface area is 177 Å². The predicted molar refractivity (Wildman–Crippen MR) is 114 cm³/mol. The molecule has 30 heavy (non-hydrogen) atoms. The van der Waals surface area contributed by atoms with E-state index in [9.17, 15) is 10.1 Å². The third-order valence-electron chi connectivity index (χ3n) is 4.46. The van der Waals surface area contributed by atoms with Crippen molar-refractivity contribution >= 4 is 40.0 Å². The Morgan fingerprint density at radius 2 is 1.90 bits per heavy atom. The van der Waals surface area contributed by atoms with Gasteiger partial charge in [-0.05, 0) is 42.8 Å².